The quantitative estimate of drug-likeness (QED) is 0.156. The Hall–Kier alpha value is -2.78. The molecule has 0 bridgehead atoms. The second kappa shape index (κ2) is 12.2. The molecule has 1 aliphatic carbocycles. The van der Waals surface area contributed by atoms with Crippen LogP contribution in [0.4, 0.5) is 14.5 Å². The van der Waals surface area contributed by atoms with E-state index in [1.807, 2.05) is 12.2 Å². The van der Waals surface area contributed by atoms with Crippen molar-refractivity contribution >= 4 is 17.4 Å². The summed E-state index contributed by atoms with van der Waals surface area (Å²) in [4.78, 5) is 10.5. The van der Waals surface area contributed by atoms with E-state index in [9.17, 15) is 29.0 Å². The van der Waals surface area contributed by atoms with Gasteiger partial charge in [-0.3, -0.25) is 4.79 Å². The van der Waals surface area contributed by atoms with Gasteiger partial charge in [-0.25, -0.2) is 8.78 Å². The van der Waals surface area contributed by atoms with E-state index in [0.717, 1.165) is 18.2 Å². The highest BCUT2D eigenvalue weighted by Gasteiger charge is 2.38. The SMILES string of the molecule is O=C(O)CCC/C=C\C[C@H]1[C@@H](O)C/C(=N/O)[C@@H]1/C=C/[C@@H](O)CNc1cc(F)cc(F)c1. The summed E-state index contributed by atoms with van der Waals surface area (Å²) in [6, 6.07) is 2.98. The zero-order valence-corrected chi connectivity index (χ0v) is 17.0. The molecule has 5 N–H and O–H groups in total. The van der Waals surface area contributed by atoms with Crippen LogP contribution in [0, 0.1) is 23.5 Å². The molecule has 7 nitrogen and oxygen atoms in total. The van der Waals surface area contributed by atoms with Crippen LogP contribution < -0.4 is 5.32 Å². The first kappa shape index (κ1) is 24.5. The van der Waals surface area contributed by atoms with Crippen LogP contribution in [0.5, 0.6) is 0 Å². The van der Waals surface area contributed by atoms with Crippen molar-refractivity contribution in [2.75, 3.05) is 11.9 Å². The van der Waals surface area contributed by atoms with Crippen molar-refractivity contribution in [3.8, 4) is 0 Å². The van der Waals surface area contributed by atoms with E-state index in [4.69, 9.17) is 5.11 Å². The number of unbranched alkanes of at least 4 members (excludes halogenated alkanes) is 1. The number of anilines is 1. The third-order valence-electron chi connectivity index (χ3n) is 5.14. The van der Waals surface area contributed by atoms with Crippen LogP contribution in [-0.4, -0.2) is 51.0 Å². The number of carboxylic acid groups (broad SMARTS) is 1. The number of nitrogens with one attached hydrogen (secondary N) is 1. The van der Waals surface area contributed by atoms with Crippen molar-refractivity contribution in [2.24, 2.45) is 17.0 Å². The molecule has 0 amide bonds. The van der Waals surface area contributed by atoms with E-state index < -0.39 is 29.8 Å². The second-order valence-electron chi connectivity index (χ2n) is 7.54. The molecule has 0 radical (unpaired) electrons. The Morgan fingerprint density at radius 3 is 2.61 bits per heavy atom. The van der Waals surface area contributed by atoms with Crippen molar-refractivity contribution in [1.82, 2.24) is 0 Å². The van der Waals surface area contributed by atoms with Crippen LogP contribution in [0.15, 0.2) is 47.7 Å². The number of halogens is 2. The summed E-state index contributed by atoms with van der Waals surface area (Å²) in [5.74, 6) is -2.94. The van der Waals surface area contributed by atoms with Crippen molar-refractivity contribution in [1.29, 1.82) is 0 Å². The van der Waals surface area contributed by atoms with Gasteiger partial charge in [-0.1, -0.05) is 29.5 Å². The Bertz CT molecular complexity index is 808. The zero-order valence-electron chi connectivity index (χ0n) is 17.0. The van der Waals surface area contributed by atoms with Gasteiger partial charge in [0.05, 0.1) is 17.9 Å². The van der Waals surface area contributed by atoms with Gasteiger partial charge in [0, 0.05) is 43.0 Å². The number of carbonyl (C=O) groups is 1. The van der Waals surface area contributed by atoms with Crippen molar-refractivity contribution in [3.05, 3.63) is 54.1 Å². The van der Waals surface area contributed by atoms with Crippen LogP contribution in [-0.2, 0) is 4.79 Å². The molecule has 0 aliphatic heterocycles. The van der Waals surface area contributed by atoms with Gasteiger partial charge < -0.3 is 25.8 Å². The average Bonchev–Trinajstić information content (AvgIpc) is 3.01. The molecule has 0 unspecified atom stereocenters. The highest BCUT2D eigenvalue weighted by molar-refractivity contribution is 5.90. The first-order valence-corrected chi connectivity index (χ1v) is 10.1. The maximum Gasteiger partial charge on any atom is 0.303 e. The summed E-state index contributed by atoms with van der Waals surface area (Å²) in [5.41, 5.74) is 0.602. The lowest BCUT2D eigenvalue weighted by Gasteiger charge is -2.18. The largest absolute Gasteiger partial charge is 0.481 e. The summed E-state index contributed by atoms with van der Waals surface area (Å²) in [6.07, 6.45) is 7.13. The summed E-state index contributed by atoms with van der Waals surface area (Å²) in [5, 5.41) is 44.4. The Balaban J connectivity index is 1.92. The highest BCUT2D eigenvalue weighted by atomic mass is 19.1. The van der Waals surface area contributed by atoms with Gasteiger partial charge in [0.2, 0.25) is 0 Å². The Labute approximate surface area is 179 Å². The van der Waals surface area contributed by atoms with E-state index in [1.54, 1.807) is 6.08 Å². The maximum absolute atomic E-state index is 13.2. The summed E-state index contributed by atoms with van der Waals surface area (Å²) < 4.78 is 26.4. The number of aliphatic carboxylic acids is 1. The molecule has 1 aromatic carbocycles. The van der Waals surface area contributed by atoms with E-state index in [0.29, 0.717) is 25.0 Å². The number of nitrogens with zero attached hydrogens (tertiary/aromatic N) is 1. The van der Waals surface area contributed by atoms with Gasteiger partial charge in [-0.2, -0.15) is 0 Å². The number of hydrogen-bond acceptors (Lipinski definition) is 6. The van der Waals surface area contributed by atoms with Crippen LogP contribution in [0.3, 0.4) is 0 Å². The number of hydrogen-bond donors (Lipinski definition) is 5. The Morgan fingerprint density at radius 2 is 1.97 bits per heavy atom. The molecule has 4 atom stereocenters. The van der Waals surface area contributed by atoms with Crippen molar-refractivity contribution < 1.29 is 34.1 Å². The highest BCUT2D eigenvalue weighted by Crippen LogP contribution is 2.34. The summed E-state index contributed by atoms with van der Waals surface area (Å²) >= 11 is 0. The Kier molecular flexibility index (Phi) is 9.61. The molecule has 170 valence electrons. The van der Waals surface area contributed by atoms with Crippen molar-refractivity contribution in [3.63, 3.8) is 0 Å². The fourth-order valence-corrected chi connectivity index (χ4v) is 3.59. The van der Waals surface area contributed by atoms with E-state index in [1.165, 1.54) is 6.08 Å². The fraction of sp³-hybridized carbons (Fsp3) is 0.455. The predicted molar refractivity (Wildman–Crippen MR) is 112 cm³/mol. The monoisotopic (exact) mass is 438 g/mol. The lowest BCUT2D eigenvalue weighted by Crippen LogP contribution is -2.21. The fourth-order valence-electron chi connectivity index (χ4n) is 3.59. The average molecular weight is 438 g/mol. The number of carboxylic acids is 1. The molecule has 31 heavy (non-hydrogen) atoms. The number of aliphatic hydroxyl groups is 2. The lowest BCUT2D eigenvalue weighted by molar-refractivity contribution is -0.137. The van der Waals surface area contributed by atoms with E-state index in [-0.39, 0.29) is 36.9 Å². The third-order valence-corrected chi connectivity index (χ3v) is 5.14. The topological polar surface area (TPSA) is 122 Å². The predicted octanol–water partition coefficient (Wildman–Crippen LogP) is 3.32. The van der Waals surface area contributed by atoms with Crippen LogP contribution >= 0.6 is 0 Å². The lowest BCUT2D eigenvalue weighted by atomic mass is 9.90. The van der Waals surface area contributed by atoms with Gasteiger partial charge in [0.25, 0.3) is 0 Å². The van der Waals surface area contributed by atoms with Crippen molar-refractivity contribution in [2.45, 2.75) is 44.3 Å². The molecule has 0 heterocycles. The maximum atomic E-state index is 13.2. The molecule has 1 aliphatic rings. The first-order chi connectivity index (χ1) is 14.8. The van der Waals surface area contributed by atoms with E-state index >= 15 is 0 Å². The van der Waals surface area contributed by atoms with Gasteiger partial charge in [-0.05, 0) is 31.4 Å². The Morgan fingerprint density at radius 1 is 1.26 bits per heavy atom. The van der Waals surface area contributed by atoms with Gasteiger partial charge >= 0.3 is 5.97 Å². The van der Waals surface area contributed by atoms with Crippen LogP contribution in [0.2, 0.25) is 0 Å². The number of oxime groups is 1. The number of allylic oxidation sites excluding steroid dienone is 3. The van der Waals surface area contributed by atoms with Crippen LogP contribution in [0.1, 0.15) is 32.1 Å². The molecule has 0 spiro atoms. The number of benzene rings is 1. The minimum Gasteiger partial charge on any atom is -0.481 e. The zero-order chi connectivity index (χ0) is 22.8. The first-order valence-electron chi connectivity index (χ1n) is 10.1. The third kappa shape index (κ3) is 8.10. The molecular formula is C22H28F2N2O5. The minimum atomic E-state index is -0.976. The molecule has 1 saturated carbocycles. The summed E-state index contributed by atoms with van der Waals surface area (Å²) in [6.45, 7) is 0.00835. The molecule has 9 heteroatoms. The molecule has 1 aromatic rings. The standard InChI is InChI=1S/C22H28F2N2O5/c23-14-9-15(24)11-16(10-14)25-13-17(27)7-8-18-19(21(28)12-20(18)26-31)5-3-1-2-4-6-22(29)30/h1,3,7-11,17-19,21,25,27-28,31H,2,4-6,12-13H2,(H,29,30)/b3-1-,8-7+,26-20-/t17-,18-,19-,21+/m1/s1. The smallest absolute Gasteiger partial charge is 0.303 e. The minimum absolute atomic E-state index is 0.00835. The molecular weight excluding hydrogens is 410 g/mol. The number of rotatable bonds is 11. The molecule has 0 saturated heterocycles. The second-order valence-corrected chi connectivity index (χ2v) is 7.54. The van der Waals surface area contributed by atoms with Crippen LogP contribution in [0.25, 0.3) is 0 Å². The van der Waals surface area contributed by atoms with Gasteiger partial charge in [-0.15, -0.1) is 0 Å². The van der Waals surface area contributed by atoms with E-state index in [2.05, 4.69) is 10.5 Å². The summed E-state index contributed by atoms with van der Waals surface area (Å²) in [7, 11) is 0. The van der Waals surface area contributed by atoms with Gasteiger partial charge in [0.15, 0.2) is 0 Å². The van der Waals surface area contributed by atoms with Gasteiger partial charge in [0.1, 0.15) is 11.6 Å². The number of aliphatic hydroxyl groups excluding tert-OH is 2. The molecule has 1 fully saturated rings. The molecule has 2 rings (SSSR count). The molecule has 0 aromatic heterocycles. The normalized spacial score (nSPS) is 23.7.